The minimum atomic E-state index is 0.873. The van der Waals surface area contributed by atoms with E-state index in [0.717, 1.165) is 11.3 Å². The number of anilines is 1. The summed E-state index contributed by atoms with van der Waals surface area (Å²) in [6, 6.07) is 4.23. The lowest BCUT2D eigenvalue weighted by Crippen LogP contribution is -1.93. The Morgan fingerprint density at radius 2 is 1.79 bits per heavy atom. The Morgan fingerprint density at radius 1 is 1.14 bits per heavy atom. The summed E-state index contributed by atoms with van der Waals surface area (Å²) in [4.78, 5) is 0. The minimum absolute atomic E-state index is 0.873. The van der Waals surface area contributed by atoms with Gasteiger partial charge in [0.05, 0.1) is 5.52 Å². The van der Waals surface area contributed by atoms with Crippen LogP contribution < -0.4 is 5.73 Å². The molecule has 2 heteroatoms. The van der Waals surface area contributed by atoms with Gasteiger partial charge in [-0.15, -0.1) is 0 Å². The molecule has 0 bridgehead atoms. The largest absolute Gasteiger partial charge is 0.398 e. The Bertz CT molecular complexity index is 462. The molecule has 14 heavy (non-hydrogen) atoms. The second-order valence-electron chi connectivity index (χ2n) is 4.00. The predicted molar refractivity (Wildman–Crippen MR) is 61.5 cm³/mol. The lowest BCUT2D eigenvalue weighted by Gasteiger charge is -2.02. The molecule has 0 unspecified atom stereocenters. The second-order valence-corrected chi connectivity index (χ2v) is 4.00. The van der Waals surface area contributed by atoms with Crippen molar-refractivity contribution in [2.75, 3.05) is 5.73 Å². The van der Waals surface area contributed by atoms with E-state index in [9.17, 15) is 0 Å². The summed E-state index contributed by atoms with van der Waals surface area (Å²) in [5.74, 6) is 0. The Morgan fingerprint density at radius 3 is 2.43 bits per heavy atom. The van der Waals surface area contributed by atoms with Crippen molar-refractivity contribution in [3.63, 3.8) is 0 Å². The number of hydrogen-bond donors (Lipinski definition) is 1. The highest BCUT2D eigenvalue weighted by Gasteiger charge is 2.09. The smallest absolute Gasteiger partial charge is 0.0503 e. The van der Waals surface area contributed by atoms with E-state index in [-0.39, 0.29) is 0 Å². The number of fused-ring (bicyclic) bond motifs is 1. The topological polar surface area (TPSA) is 30.9 Å². The van der Waals surface area contributed by atoms with Crippen molar-refractivity contribution >= 4 is 16.6 Å². The molecule has 0 aliphatic rings. The van der Waals surface area contributed by atoms with Crippen LogP contribution in [-0.4, -0.2) is 4.57 Å². The highest BCUT2D eigenvalue weighted by Crippen LogP contribution is 2.27. The third kappa shape index (κ3) is 1.03. The summed E-state index contributed by atoms with van der Waals surface area (Å²) in [5, 5.41) is 1.32. The number of rotatable bonds is 0. The molecule has 0 aliphatic carbocycles. The van der Waals surface area contributed by atoms with Crippen LogP contribution in [0.3, 0.4) is 0 Å². The Kier molecular flexibility index (Phi) is 1.81. The van der Waals surface area contributed by atoms with Gasteiger partial charge in [-0.3, -0.25) is 0 Å². The van der Waals surface area contributed by atoms with Gasteiger partial charge in [0.2, 0.25) is 0 Å². The third-order valence-electron chi connectivity index (χ3n) is 3.20. The molecule has 0 radical (unpaired) electrons. The average molecular weight is 188 g/mol. The van der Waals surface area contributed by atoms with Gasteiger partial charge >= 0.3 is 0 Å². The van der Waals surface area contributed by atoms with Crippen LogP contribution >= 0.6 is 0 Å². The molecule has 74 valence electrons. The summed E-state index contributed by atoms with van der Waals surface area (Å²) in [6.07, 6.45) is 0. The SMILES string of the molecule is Cc1cc2c(C)c(C)n(C)c2cc1N. The summed E-state index contributed by atoms with van der Waals surface area (Å²) in [5.41, 5.74) is 11.8. The second kappa shape index (κ2) is 2.77. The fraction of sp³-hybridized carbons (Fsp3) is 0.333. The first-order valence-corrected chi connectivity index (χ1v) is 4.84. The number of hydrogen-bond acceptors (Lipinski definition) is 1. The first kappa shape index (κ1) is 9.13. The van der Waals surface area contributed by atoms with Crippen molar-refractivity contribution in [1.82, 2.24) is 4.57 Å². The third-order valence-corrected chi connectivity index (χ3v) is 3.20. The van der Waals surface area contributed by atoms with Gasteiger partial charge in [0.1, 0.15) is 0 Å². The molecule has 2 rings (SSSR count). The number of nitrogens with zero attached hydrogens (tertiary/aromatic N) is 1. The van der Waals surface area contributed by atoms with Crippen molar-refractivity contribution < 1.29 is 0 Å². The van der Waals surface area contributed by atoms with Crippen molar-refractivity contribution in [2.24, 2.45) is 7.05 Å². The minimum Gasteiger partial charge on any atom is -0.398 e. The van der Waals surface area contributed by atoms with Gasteiger partial charge in [-0.1, -0.05) is 0 Å². The standard InChI is InChI=1S/C12H16N2/c1-7-5-10-8(2)9(3)14(4)12(10)6-11(7)13/h5-6H,13H2,1-4H3. The fourth-order valence-electron chi connectivity index (χ4n) is 1.92. The molecule has 0 atom stereocenters. The van der Waals surface area contributed by atoms with Crippen LogP contribution in [0.4, 0.5) is 5.69 Å². The molecular weight excluding hydrogens is 172 g/mol. The van der Waals surface area contributed by atoms with Gasteiger partial charge in [0.15, 0.2) is 0 Å². The predicted octanol–water partition coefficient (Wildman–Crippen LogP) is 2.69. The summed E-state index contributed by atoms with van der Waals surface area (Å²) in [7, 11) is 2.08. The lowest BCUT2D eigenvalue weighted by molar-refractivity contribution is 0.910. The molecule has 0 aliphatic heterocycles. The molecule has 0 spiro atoms. The molecule has 0 saturated carbocycles. The number of nitrogen functional groups attached to an aromatic ring is 1. The number of benzene rings is 1. The molecule has 1 heterocycles. The van der Waals surface area contributed by atoms with E-state index in [1.165, 1.54) is 22.2 Å². The maximum absolute atomic E-state index is 5.90. The van der Waals surface area contributed by atoms with Crippen LogP contribution in [0.1, 0.15) is 16.8 Å². The summed E-state index contributed by atoms with van der Waals surface area (Å²) in [6.45, 7) is 6.35. The Labute approximate surface area is 84.3 Å². The molecule has 0 amide bonds. The molecule has 0 saturated heterocycles. The fourth-order valence-corrected chi connectivity index (χ4v) is 1.92. The van der Waals surface area contributed by atoms with E-state index < -0.39 is 0 Å². The number of nitrogens with two attached hydrogens (primary N) is 1. The van der Waals surface area contributed by atoms with E-state index in [2.05, 4.69) is 44.5 Å². The zero-order valence-corrected chi connectivity index (χ0v) is 9.18. The quantitative estimate of drug-likeness (QED) is 0.633. The maximum atomic E-state index is 5.90. The van der Waals surface area contributed by atoms with E-state index >= 15 is 0 Å². The van der Waals surface area contributed by atoms with Crippen LogP contribution in [0, 0.1) is 20.8 Å². The van der Waals surface area contributed by atoms with E-state index in [0.29, 0.717) is 0 Å². The Hall–Kier alpha value is -1.44. The van der Waals surface area contributed by atoms with Crippen molar-refractivity contribution in [1.29, 1.82) is 0 Å². The normalized spacial score (nSPS) is 11.1. The molecule has 2 N–H and O–H groups in total. The monoisotopic (exact) mass is 188 g/mol. The number of aryl methyl sites for hydroxylation is 3. The zero-order chi connectivity index (χ0) is 10.5. The van der Waals surface area contributed by atoms with Gasteiger partial charge in [0, 0.05) is 23.8 Å². The average Bonchev–Trinajstić information content (AvgIpc) is 2.34. The van der Waals surface area contributed by atoms with Gasteiger partial charge in [0.25, 0.3) is 0 Å². The first-order valence-electron chi connectivity index (χ1n) is 4.84. The zero-order valence-electron chi connectivity index (χ0n) is 9.18. The van der Waals surface area contributed by atoms with E-state index in [1.54, 1.807) is 0 Å². The summed E-state index contributed by atoms with van der Waals surface area (Å²) < 4.78 is 2.19. The van der Waals surface area contributed by atoms with Crippen molar-refractivity contribution in [2.45, 2.75) is 20.8 Å². The number of aromatic nitrogens is 1. The van der Waals surface area contributed by atoms with E-state index in [4.69, 9.17) is 5.73 Å². The van der Waals surface area contributed by atoms with Gasteiger partial charge in [-0.2, -0.15) is 0 Å². The summed E-state index contributed by atoms with van der Waals surface area (Å²) >= 11 is 0. The van der Waals surface area contributed by atoms with Crippen molar-refractivity contribution in [3.8, 4) is 0 Å². The van der Waals surface area contributed by atoms with E-state index in [1.807, 2.05) is 0 Å². The van der Waals surface area contributed by atoms with Crippen LogP contribution in [0.2, 0.25) is 0 Å². The molecular formula is C12H16N2. The molecule has 2 aromatic rings. The molecule has 0 fully saturated rings. The van der Waals surface area contributed by atoms with Gasteiger partial charge in [-0.05, 0) is 44.0 Å². The lowest BCUT2D eigenvalue weighted by atomic mass is 10.1. The van der Waals surface area contributed by atoms with Crippen molar-refractivity contribution in [3.05, 3.63) is 29.0 Å². The van der Waals surface area contributed by atoms with Crippen LogP contribution in [0.25, 0.3) is 10.9 Å². The molecule has 1 aromatic heterocycles. The van der Waals surface area contributed by atoms with Crippen LogP contribution in [-0.2, 0) is 7.05 Å². The molecule has 2 nitrogen and oxygen atoms in total. The first-order chi connectivity index (χ1) is 6.52. The highest BCUT2D eigenvalue weighted by atomic mass is 14.9. The maximum Gasteiger partial charge on any atom is 0.0503 e. The van der Waals surface area contributed by atoms with Gasteiger partial charge < -0.3 is 10.3 Å². The highest BCUT2D eigenvalue weighted by molar-refractivity contribution is 5.88. The van der Waals surface area contributed by atoms with Gasteiger partial charge in [-0.25, -0.2) is 0 Å². The van der Waals surface area contributed by atoms with Crippen LogP contribution in [0.5, 0.6) is 0 Å². The van der Waals surface area contributed by atoms with Crippen LogP contribution in [0.15, 0.2) is 12.1 Å². The Balaban J connectivity index is 2.96. The molecule has 1 aromatic carbocycles.